The molecule has 0 saturated heterocycles. The van der Waals surface area contributed by atoms with Crippen molar-refractivity contribution >= 4 is 6.09 Å². The number of alkyl halides is 3. The van der Waals surface area contributed by atoms with Crippen molar-refractivity contribution in [2.45, 2.75) is 6.18 Å². The number of primary amides is 1. The maximum atomic E-state index is 13.2. The van der Waals surface area contributed by atoms with Gasteiger partial charge in [0, 0.05) is 7.11 Å². The molecule has 0 atom stereocenters. The normalized spacial score (nSPS) is 11.2. The van der Waals surface area contributed by atoms with Crippen LogP contribution in [0.15, 0.2) is 42.5 Å². The summed E-state index contributed by atoms with van der Waals surface area (Å²) in [4.78, 5) is 11.1. The second-order valence-electron chi connectivity index (χ2n) is 4.97. The summed E-state index contributed by atoms with van der Waals surface area (Å²) in [6.07, 6.45) is -5.87. The molecule has 0 spiro atoms. The van der Waals surface area contributed by atoms with Gasteiger partial charge < -0.3 is 19.9 Å². The molecule has 0 aromatic heterocycles. The van der Waals surface area contributed by atoms with Crippen LogP contribution in [0.3, 0.4) is 0 Å². The predicted octanol–water partition coefficient (Wildman–Crippen LogP) is 3.86. The van der Waals surface area contributed by atoms with Gasteiger partial charge in [0.2, 0.25) is 0 Å². The topological polar surface area (TPSA) is 70.8 Å². The van der Waals surface area contributed by atoms with Gasteiger partial charge in [-0.1, -0.05) is 30.3 Å². The first-order valence-electron chi connectivity index (χ1n) is 7.22. The smallest absolute Gasteiger partial charge is 0.416 e. The summed E-state index contributed by atoms with van der Waals surface area (Å²) in [5.74, 6) is -0.421. The van der Waals surface area contributed by atoms with Crippen LogP contribution < -0.4 is 15.2 Å². The Kier molecular flexibility index (Phi) is 5.87. The van der Waals surface area contributed by atoms with Gasteiger partial charge in [0.1, 0.15) is 18.1 Å². The lowest BCUT2D eigenvalue weighted by molar-refractivity contribution is -0.137. The van der Waals surface area contributed by atoms with Gasteiger partial charge in [0.15, 0.2) is 0 Å². The molecule has 134 valence electrons. The van der Waals surface area contributed by atoms with E-state index < -0.39 is 17.8 Å². The first-order chi connectivity index (χ1) is 11.8. The van der Waals surface area contributed by atoms with Crippen LogP contribution in [0.2, 0.25) is 0 Å². The summed E-state index contributed by atoms with van der Waals surface area (Å²) in [7, 11) is 1.44. The van der Waals surface area contributed by atoms with Gasteiger partial charge in [0.05, 0.1) is 17.7 Å². The maximum Gasteiger partial charge on any atom is 0.416 e. The Morgan fingerprint density at radius 1 is 1.08 bits per heavy atom. The molecule has 0 heterocycles. The number of carbonyl (C=O) groups excluding carboxylic acids is 1. The van der Waals surface area contributed by atoms with Crippen molar-refractivity contribution in [3.05, 3.63) is 48.0 Å². The second kappa shape index (κ2) is 7.89. The molecule has 8 heteroatoms. The summed E-state index contributed by atoms with van der Waals surface area (Å²) in [6.45, 7) is 0.199. The summed E-state index contributed by atoms with van der Waals surface area (Å²) in [5.41, 5.74) is 4.69. The molecular weight excluding hydrogens is 339 g/mol. The molecule has 0 aliphatic heterocycles. The highest BCUT2D eigenvalue weighted by atomic mass is 19.4. The standard InChI is InChI=1S/C17H16F3NO4/c1-23-7-8-24-13-9-12(17(18,19)20)10-14(25-16(21)22)15(13)11-5-3-2-4-6-11/h2-6,9-10H,7-8H2,1H3,(H2,21,22). The number of hydrogen-bond donors (Lipinski definition) is 1. The third-order valence-corrected chi connectivity index (χ3v) is 3.21. The van der Waals surface area contributed by atoms with E-state index in [1.54, 1.807) is 30.3 Å². The van der Waals surface area contributed by atoms with Gasteiger partial charge in [-0.25, -0.2) is 4.79 Å². The fourth-order valence-electron chi connectivity index (χ4n) is 2.18. The molecule has 0 saturated carbocycles. The Hall–Kier alpha value is -2.74. The Morgan fingerprint density at radius 2 is 1.72 bits per heavy atom. The van der Waals surface area contributed by atoms with E-state index in [0.29, 0.717) is 5.56 Å². The fraction of sp³-hybridized carbons (Fsp3) is 0.235. The number of hydrogen-bond acceptors (Lipinski definition) is 4. The first kappa shape index (κ1) is 18.6. The number of ether oxygens (including phenoxy) is 3. The summed E-state index contributed by atoms with van der Waals surface area (Å²) in [5, 5.41) is 0. The van der Waals surface area contributed by atoms with E-state index in [0.717, 1.165) is 12.1 Å². The van der Waals surface area contributed by atoms with Crippen molar-refractivity contribution in [3.8, 4) is 22.6 Å². The molecule has 0 aliphatic carbocycles. The molecule has 0 unspecified atom stereocenters. The van der Waals surface area contributed by atoms with E-state index in [-0.39, 0.29) is 30.3 Å². The van der Waals surface area contributed by atoms with Crippen LogP contribution >= 0.6 is 0 Å². The van der Waals surface area contributed by atoms with Crippen molar-refractivity contribution in [1.82, 2.24) is 0 Å². The number of methoxy groups -OCH3 is 1. The van der Waals surface area contributed by atoms with E-state index in [4.69, 9.17) is 19.9 Å². The van der Waals surface area contributed by atoms with Gasteiger partial charge in [-0.2, -0.15) is 13.2 Å². The number of rotatable bonds is 6. The number of amides is 1. The summed E-state index contributed by atoms with van der Waals surface area (Å²) < 4.78 is 54.6. The van der Waals surface area contributed by atoms with Crippen LogP contribution in [0.25, 0.3) is 11.1 Å². The van der Waals surface area contributed by atoms with E-state index in [9.17, 15) is 18.0 Å². The molecule has 2 aromatic carbocycles. The Bertz CT molecular complexity index is 733. The molecule has 2 rings (SSSR count). The summed E-state index contributed by atoms with van der Waals surface area (Å²) in [6, 6.07) is 10.0. The molecule has 0 radical (unpaired) electrons. The Morgan fingerprint density at radius 3 is 2.28 bits per heavy atom. The highest BCUT2D eigenvalue weighted by Gasteiger charge is 2.33. The molecule has 2 N–H and O–H groups in total. The zero-order chi connectivity index (χ0) is 18.4. The van der Waals surface area contributed by atoms with Crippen LogP contribution in [0.1, 0.15) is 5.56 Å². The van der Waals surface area contributed by atoms with E-state index in [1.165, 1.54) is 7.11 Å². The Balaban J connectivity index is 2.63. The second-order valence-corrected chi connectivity index (χ2v) is 4.97. The first-order valence-corrected chi connectivity index (χ1v) is 7.22. The third-order valence-electron chi connectivity index (χ3n) is 3.21. The fourth-order valence-corrected chi connectivity index (χ4v) is 2.18. The van der Waals surface area contributed by atoms with Crippen LogP contribution in [-0.4, -0.2) is 26.4 Å². The summed E-state index contributed by atoms with van der Waals surface area (Å²) >= 11 is 0. The van der Waals surface area contributed by atoms with Crippen molar-refractivity contribution < 1.29 is 32.2 Å². The number of carbonyl (C=O) groups is 1. The average Bonchev–Trinajstić information content (AvgIpc) is 2.54. The zero-order valence-corrected chi connectivity index (χ0v) is 13.3. The van der Waals surface area contributed by atoms with Crippen LogP contribution in [0, 0.1) is 0 Å². The van der Waals surface area contributed by atoms with Crippen molar-refractivity contribution in [1.29, 1.82) is 0 Å². The van der Waals surface area contributed by atoms with Crippen LogP contribution in [0.5, 0.6) is 11.5 Å². The predicted molar refractivity (Wildman–Crippen MR) is 84.5 cm³/mol. The van der Waals surface area contributed by atoms with E-state index >= 15 is 0 Å². The number of nitrogens with two attached hydrogens (primary N) is 1. The Labute approximate surface area is 142 Å². The van der Waals surface area contributed by atoms with Gasteiger partial charge in [0.25, 0.3) is 0 Å². The molecule has 5 nitrogen and oxygen atoms in total. The SMILES string of the molecule is COCCOc1cc(C(F)(F)F)cc(OC(N)=O)c1-c1ccccc1. The zero-order valence-electron chi connectivity index (χ0n) is 13.3. The van der Waals surface area contributed by atoms with Crippen molar-refractivity contribution in [3.63, 3.8) is 0 Å². The molecule has 0 aliphatic rings. The highest BCUT2D eigenvalue weighted by molar-refractivity contribution is 5.81. The third kappa shape index (κ3) is 4.87. The monoisotopic (exact) mass is 355 g/mol. The molecule has 1 amide bonds. The lowest BCUT2D eigenvalue weighted by Crippen LogP contribution is -2.18. The molecule has 2 aromatic rings. The molecule has 0 fully saturated rings. The average molecular weight is 355 g/mol. The lowest BCUT2D eigenvalue weighted by atomic mass is 10.0. The van der Waals surface area contributed by atoms with Gasteiger partial charge in [-0.15, -0.1) is 0 Å². The largest absolute Gasteiger partial charge is 0.490 e. The number of benzene rings is 2. The minimum atomic E-state index is -4.65. The van der Waals surface area contributed by atoms with Gasteiger partial charge >= 0.3 is 12.3 Å². The quantitative estimate of drug-likeness (QED) is 0.799. The van der Waals surface area contributed by atoms with Crippen LogP contribution in [-0.2, 0) is 10.9 Å². The minimum absolute atomic E-state index is 0.0215. The maximum absolute atomic E-state index is 13.2. The highest BCUT2D eigenvalue weighted by Crippen LogP contribution is 2.43. The van der Waals surface area contributed by atoms with Gasteiger partial charge in [-0.3, -0.25) is 0 Å². The molecular formula is C17H16F3NO4. The minimum Gasteiger partial charge on any atom is -0.490 e. The lowest BCUT2D eigenvalue weighted by Gasteiger charge is -2.18. The number of halogens is 3. The van der Waals surface area contributed by atoms with Crippen LogP contribution in [0.4, 0.5) is 18.0 Å². The van der Waals surface area contributed by atoms with E-state index in [1.807, 2.05) is 0 Å². The van der Waals surface area contributed by atoms with E-state index in [2.05, 4.69) is 0 Å². The molecule has 0 bridgehead atoms. The van der Waals surface area contributed by atoms with Crippen molar-refractivity contribution in [2.24, 2.45) is 5.73 Å². The van der Waals surface area contributed by atoms with Gasteiger partial charge in [-0.05, 0) is 17.7 Å². The van der Waals surface area contributed by atoms with Crippen molar-refractivity contribution in [2.75, 3.05) is 20.3 Å². The molecule has 25 heavy (non-hydrogen) atoms.